The van der Waals surface area contributed by atoms with Crippen molar-refractivity contribution in [1.29, 1.82) is 0 Å². The molecule has 28 heavy (non-hydrogen) atoms. The highest BCUT2D eigenvalue weighted by Crippen LogP contribution is 2.28. The molecule has 0 aliphatic carbocycles. The number of nitrogens with one attached hydrogen (secondary N) is 1. The van der Waals surface area contributed by atoms with Crippen molar-refractivity contribution in [3.8, 4) is 5.75 Å². The number of piperazine rings is 1. The molecule has 0 unspecified atom stereocenters. The number of aryl methyl sites for hydroxylation is 1. The van der Waals surface area contributed by atoms with Crippen LogP contribution in [0.5, 0.6) is 5.75 Å². The first-order valence-corrected chi connectivity index (χ1v) is 9.24. The zero-order valence-corrected chi connectivity index (χ0v) is 16.0. The Balaban J connectivity index is 1.45. The minimum Gasteiger partial charge on any atom is -0.495 e. The standard InChI is InChI=1S/C20H23N7O/c1-15-4-5-17(28-2)16(14-15)24-18-6-9-23-20(25-18)27-12-10-26(11-13-27)19-21-7-3-8-22-19/h3-9,14H,10-13H2,1-2H3,(H,23,24,25). The van der Waals surface area contributed by atoms with Gasteiger partial charge in [0.2, 0.25) is 11.9 Å². The van der Waals surface area contributed by atoms with Crippen molar-refractivity contribution >= 4 is 23.4 Å². The lowest BCUT2D eigenvalue weighted by atomic mass is 10.2. The minimum atomic E-state index is 0.713. The van der Waals surface area contributed by atoms with Crippen LogP contribution in [0.1, 0.15) is 5.56 Å². The number of nitrogens with zero attached hydrogens (tertiary/aromatic N) is 6. The Morgan fingerprint density at radius 3 is 2.29 bits per heavy atom. The molecule has 1 fully saturated rings. The summed E-state index contributed by atoms with van der Waals surface area (Å²) in [6.07, 6.45) is 5.32. The van der Waals surface area contributed by atoms with E-state index in [1.54, 1.807) is 25.7 Å². The third kappa shape index (κ3) is 3.95. The lowest BCUT2D eigenvalue weighted by Gasteiger charge is -2.34. The van der Waals surface area contributed by atoms with E-state index < -0.39 is 0 Å². The number of anilines is 4. The SMILES string of the molecule is COc1ccc(C)cc1Nc1ccnc(N2CCN(c3ncccn3)CC2)n1. The topological polar surface area (TPSA) is 79.3 Å². The van der Waals surface area contributed by atoms with E-state index in [1.165, 1.54) is 0 Å². The van der Waals surface area contributed by atoms with Crippen molar-refractivity contribution in [2.75, 3.05) is 48.4 Å². The summed E-state index contributed by atoms with van der Waals surface area (Å²) >= 11 is 0. The average Bonchev–Trinajstić information content (AvgIpc) is 2.75. The minimum absolute atomic E-state index is 0.713. The maximum atomic E-state index is 5.44. The maximum Gasteiger partial charge on any atom is 0.227 e. The van der Waals surface area contributed by atoms with E-state index in [2.05, 4.69) is 30.1 Å². The second kappa shape index (κ2) is 8.08. The van der Waals surface area contributed by atoms with Crippen molar-refractivity contribution in [1.82, 2.24) is 19.9 Å². The predicted octanol–water partition coefficient (Wildman–Crippen LogP) is 2.65. The van der Waals surface area contributed by atoms with E-state index in [0.717, 1.165) is 54.9 Å². The number of rotatable bonds is 5. The Morgan fingerprint density at radius 2 is 1.57 bits per heavy atom. The quantitative estimate of drug-likeness (QED) is 0.727. The second-order valence-electron chi connectivity index (χ2n) is 6.59. The molecule has 1 aliphatic rings. The summed E-state index contributed by atoms with van der Waals surface area (Å²) in [5.74, 6) is 3.00. The van der Waals surface area contributed by atoms with Gasteiger partial charge in [-0.3, -0.25) is 0 Å². The molecule has 3 aromatic rings. The number of hydrogen-bond acceptors (Lipinski definition) is 8. The van der Waals surface area contributed by atoms with Gasteiger partial charge in [-0.15, -0.1) is 0 Å². The van der Waals surface area contributed by atoms with E-state index >= 15 is 0 Å². The predicted molar refractivity (Wildman–Crippen MR) is 110 cm³/mol. The molecule has 1 aliphatic heterocycles. The van der Waals surface area contributed by atoms with Crippen LogP contribution in [0.15, 0.2) is 48.9 Å². The zero-order valence-electron chi connectivity index (χ0n) is 16.0. The van der Waals surface area contributed by atoms with Gasteiger partial charge in [0.15, 0.2) is 0 Å². The largest absolute Gasteiger partial charge is 0.495 e. The van der Waals surface area contributed by atoms with Crippen LogP contribution in [0.3, 0.4) is 0 Å². The Labute approximate surface area is 164 Å². The molecule has 0 atom stereocenters. The van der Waals surface area contributed by atoms with Gasteiger partial charge in [0.25, 0.3) is 0 Å². The van der Waals surface area contributed by atoms with Gasteiger partial charge in [-0.1, -0.05) is 6.07 Å². The van der Waals surface area contributed by atoms with E-state index in [9.17, 15) is 0 Å². The smallest absolute Gasteiger partial charge is 0.227 e. The Kier molecular flexibility index (Phi) is 5.18. The maximum absolute atomic E-state index is 5.44. The molecule has 1 aromatic carbocycles. The molecule has 0 amide bonds. The first kappa shape index (κ1) is 18.0. The van der Waals surface area contributed by atoms with Gasteiger partial charge in [0.05, 0.1) is 12.8 Å². The molecule has 0 spiro atoms. The van der Waals surface area contributed by atoms with Crippen LogP contribution in [-0.4, -0.2) is 53.2 Å². The number of ether oxygens (including phenoxy) is 1. The number of methoxy groups -OCH3 is 1. The summed E-state index contributed by atoms with van der Waals surface area (Å²) in [7, 11) is 1.66. The van der Waals surface area contributed by atoms with E-state index in [0.29, 0.717) is 5.95 Å². The summed E-state index contributed by atoms with van der Waals surface area (Å²) < 4.78 is 5.44. The van der Waals surface area contributed by atoms with Gasteiger partial charge in [0, 0.05) is 44.8 Å². The average molecular weight is 377 g/mol. The van der Waals surface area contributed by atoms with Gasteiger partial charge < -0.3 is 19.9 Å². The lowest BCUT2D eigenvalue weighted by molar-refractivity contribution is 0.416. The van der Waals surface area contributed by atoms with E-state index in [-0.39, 0.29) is 0 Å². The van der Waals surface area contributed by atoms with Crippen molar-refractivity contribution in [3.05, 3.63) is 54.5 Å². The van der Waals surface area contributed by atoms with E-state index in [1.807, 2.05) is 37.3 Å². The number of benzene rings is 1. The number of aromatic nitrogens is 4. The summed E-state index contributed by atoms with van der Waals surface area (Å²) in [6, 6.07) is 9.70. The molecule has 0 radical (unpaired) electrons. The van der Waals surface area contributed by atoms with Crippen LogP contribution >= 0.6 is 0 Å². The Morgan fingerprint density at radius 1 is 0.893 bits per heavy atom. The molecule has 0 bridgehead atoms. The normalized spacial score (nSPS) is 14.1. The van der Waals surface area contributed by atoms with Gasteiger partial charge in [0.1, 0.15) is 11.6 Å². The molecule has 8 heteroatoms. The van der Waals surface area contributed by atoms with Crippen LogP contribution in [0.25, 0.3) is 0 Å². The molecule has 0 saturated carbocycles. The van der Waals surface area contributed by atoms with Crippen LogP contribution in [0.4, 0.5) is 23.4 Å². The summed E-state index contributed by atoms with van der Waals surface area (Å²) in [5, 5.41) is 3.35. The molecule has 8 nitrogen and oxygen atoms in total. The van der Waals surface area contributed by atoms with Gasteiger partial charge in [-0.05, 0) is 36.8 Å². The highest BCUT2D eigenvalue weighted by molar-refractivity contribution is 5.65. The molecular weight excluding hydrogens is 354 g/mol. The third-order valence-electron chi connectivity index (χ3n) is 4.66. The zero-order chi connectivity index (χ0) is 19.3. The molecule has 1 N–H and O–H groups in total. The van der Waals surface area contributed by atoms with Crippen molar-refractivity contribution in [3.63, 3.8) is 0 Å². The Bertz CT molecular complexity index is 927. The molecule has 1 saturated heterocycles. The summed E-state index contributed by atoms with van der Waals surface area (Å²) in [5.41, 5.74) is 2.04. The Hall–Kier alpha value is -3.42. The van der Waals surface area contributed by atoms with Gasteiger partial charge >= 0.3 is 0 Å². The van der Waals surface area contributed by atoms with Crippen molar-refractivity contribution < 1.29 is 4.74 Å². The third-order valence-corrected chi connectivity index (χ3v) is 4.66. The molecule has 144 valence electrons. The lowest BCUT2D eigenvalue weighted by Crippen LogP contribution is -2.47. The fourth-order valence-corrected chi connectivity index (χ4v) is 3.19. The fraction of sp³-hybridized carbons (Fsp3) is 0.300. The second-order valence-corrected chi connectivity index (χ2v) is 6.59. The fourth-order valence-electron chi connectivity index (χ4n) is 3.19. The van der Waals surface area contributed by atoms with E-state index in [4.69, 9.17) is 9.72 Å². The molecule has 2 aromatic heterocycles. The summed E-state index contributed by atoms with van der Waals surface area (Å²) in [4.78, 5) is 22.2. The highest BCUT2D eigenvalue weighted by Gasteiger charge is 2.20. The van der Waals surface area contributed by atoms with Crippen molar-refractivity contribution in [2.45, 2.75) is 6.92 Å². The molecule has 3 heterocycles. The first-order valence-electron chi connectivity index (χ1n) is 9.24. The van der Waals surface area contributed by atoms with Crippen LogP contribution in [0, 0.1) is 6.92 Å². The van der Waals surface area contributed by atoms with Crippen LogP contribution in [0.2, 0.25) is 0 Å². The summed E-state index contributed by atoms with van der Waals surface area (Å²) in [6.45, 7) is 5.34. The molecule has 4 rings (SSSR count). The van der Waals surface area contributed by atoms with Gasteiger partial charge in [-0.2, -0.15) is 4.98 Å². The number of hydrogen-bond donors (Lipinski definition) is 1. The van der Waals surface area contributed by atoms with Crippen LogP contribution in [-0.2, 0) is 0 Å². The highest BCUT2D eigenvalue weighted by atomic mass is 16.5. The van der Waals surface area contributed by atoms with Crippen molar-refractivity contribution in [2.24, 2.45) is 0 Å². The monoisotopic (exact) mass is 377 g/mol. The first-order chi connectivity index (χ1) is 13.7. The van der Waals surface area contributed by atoms with Crippen LogP contribution < -0.4 is 19.9 Å². The van der Waals surface area contributed by atoms with Gasteiger partial charge in [-0.25, -0.2) is 15.0 Å². The molecular formula is C20H23N7O.